The third-order valence-electron chi connectivity index (χ3n) is 2.08. The highest BCUT2D eigenvalue weighted by Crippen LogP contribution is 2.46. The fraction of sp³-hybridized carbons (Fsp3) is 0.375. The van der Waals surface area contributed by atoms with Gasteiger partial charge in [-0.3, -0.25) is 4.79 Å². The minimum atomic E-state index is -0.784. The second-order valence-electron chi connectivity index (χ2n) is 3.02. The molecular formula is C8H7ClN2O2. The first-order chi connectivity index (χ1) is 6.18. The molecule has 13 heavy (non-hydrogen) atoms. The van der Waals surface area contributed by atoms with Gasteiger partial charge in [-0.05, 0) is 12.5 Å². The predicted octanol–water partition coefficient (Wildman–Crippen LogP) is 1.32. The Morgan fingerprint density at radius 1 is 1.69 bits per heavy atom. The van der Waals surface area contributed by atoms with Crippen molar-refractivity contribution >= 4 is 17.6 Å². The van der Waals surface area contributed by atoms with E-state index in [9.17, 15) is 4.79 Å². The van der Waals surface area contributed by atoms with E-state index in [4.69, 9.17) is 16.7 Å². The molecule has 0 bridgehead atoms. The summed E-state index contributed by atoms with van der Waals surface area (Å²) in [6.45, 7) is 0. The van der Waals surface area contributed by atoms with Crippen molar-refractivity contribution in [3.63, 3.8) is 0 Å². The Balaban J connectivity index is 2.16. The number of aromatic nitrogens is 2. The molecule has 1 fully saturated rings. The lowest BCUT2D eigenvalue weighted by atomic mass is 10.3. The summed E-state index contributed by atoms with van der Waals surface area (Å²) < 4.78 is 0. The lowest BCUT2D eigenvalue weighted by Gasteiger charge is -1.95. The maximum absolute atomic E-state index is 10.5. The van der Waals surface area contributed by atoms with Crippen LogP contribution in [0.15, 0.2) is 12.3 Å². The number of carboxylic acid groups (broad SMARTS) is 1. The van der Waals surface area contributed by atoms with Gasteiger partial charge in [-0.1, -0.05) is 11.6 Å². The van der Waals surface area contributed by atoms with Gasteiger partial charge < -0.3 is 5.11 Å². The number of carboxylic acids is 1. The molecule has 0 radical (unpaired) electrons. The number of aliphatic carboxylic acids is 1. The van der Waals surface area contributed by atoms with Crippen molar-refractivity contribution in [2.45, 2.75) is 12.3 Å². The molecule has 4 nitrogen and oxygen atoms in total. The van der Waals surface area contributed by atoms with Gasteiger partial charge in [0, 0.05) is 12.1 Å². The number of rotatable bonds is 2. The molecule has 1 aromatic rings. The Labute approximate surface area is 79.6 Å². The summed E-state index contributed by atoms with van der Waals surface area (Å²) in [7, 11) is 0. The van der Waals surface area contributed by atoms with Gasteiger partial charge in [0.2, 0.25) is 0 Å². The molecule has 0 aromatic carbocycles. The third kappa shape index (κ3) is 1.62. The van der Waals surface area contributed by atoms with Crippen molar-refractivity contribution in [2.24, 2.45) is 5.92 Å². The first kappa shape index (κ1) is 8.44. The molecule has 5 heteroatoms. The Morgan fingerprint density at radius 2 is 2.46 bits per heavy atom. The summed E-state index contributed by atoms with van der Waals surface area (Å²) in [6.07, 6.45) is 2.16. The molecule has 1 saturated carbocycles. The molecule has 2 atom stereocenters. The van der Waals surface area contributed by atoms with E-state index in [1.165, 1.54) is 0 Å². The summed E-state index contributed by atoms with van der Waals surface area (Å²) >= 11 is 5.65. The van der Waals surface area contributed by atoms with Crippen LogP contribution in [0.1, 0.15) is 18.2 Å². The van der Waals surface area contributed by atoms with Gasteiger partial charge in [0.25, 0.3) is 0 Å². The zero-order chi connectivity index (χ0) is 9.42. The maximum Gasteiger partial charge on any atom is 0.307 e. The van der Waals surface area contributed by atoms with Gasteiger partial charge >= 0.3 is 5.97 Å². The average molecular weight is 199 g/mol. The van der Waals surface area contributed by atoms with Crippen molar-refractivity contribution in [1.29, 1.82) is 0 Å². The van der Waals surface area contributed by atoms with Crippen LogP contribution >= 0.6 is 11.6 Å². The molecule has 1 heterocycles. The van der Waals surface area contributed by atoms with Gasteiger partial charge in [-0.2, -0.15) is 0 Å². The zero-order valence-electron chi connectivity index (χ0n) is 6.64. The summed E-state index contributed by atoms with van der Waals surface area (Å²) in [6, 6.07) is 1.57. The summed E-state index contributed by atoms with van der Waals surface area (Å²) in [4.78, 5) is 18.5. The molecule has 0 unspecified atom stereocenters. The molecule has 0 saturated heterocycles. The van der Waals surface area contributed by atoms with E-state index in [-0.39, 0.29) is 11.8 Å². The van der Waals surface area contributed by atoms with Crippen molar-refractivity contribution < 1.29 is 9.90 Å². The molecule has 0 spiro atoms. The third-order valence-corrected chi connectivity index (χ3v) is 2.29. The molecular weight excluding hydrogens is 192 g/mol. The van der Waals surface area contributed by atoms with E-state index in [1.54, 1.807) is 12.3 Å². The topological polar surface area (TPSA) is 63.1 Å². The highest BCUT2D eigenvalue weighted by atomic mass is 35.5. The smallest absolute Gasteiger partial charge is 0.307 e. The highest BCUT2D eigenvalue weighted by molar-refractivity contribution is 6.29. The Bertz CT molecular complexity index is 356. The summed E-state index contributed by atoms with van der Waals surface area (Å²) in [5.74, 6) is -0.608. The lowest BCUT2D eigenvalue weighted by Crippen LogP contribution is -2.01. The van der Waals surface area contributed by atoms with Crippen LogP contribution in [0.3, 0.4) is 0 Å². The molecule has 1 N–H and O–H groups in total. The van der Waals surface area contributed by atoms with Gasteiger partial charge in [0.1, 0.15) is 11.0 Å². The van der Waals surface area contributed by atoms with Crippen LogP contribution in [0.5, 0.6) is 0 Å². The van der Waals surface area contributed by atoms with Crippen molar-refractivity contribution in [2.75, 3.05) is 0 Å². The van der Waals surface area contributed by atoms with Crippen LogP contribution in [0.4, 0.5) is 0 Å². The first-order valence-corrected chi connectivity index (χ1v) is 4.27. The minimum absolute atomic E-state index is 0.0452. The molecule has 1 aromatic heterocycles. The quantitative estimate of drug-likeness (QED) is 0.728. The zero-order valence-corrected chi connectivity index (χ0v) is 7.40. The van der Waals surface area contributed by atoms with Crippen LogP contribution in [-0.4, -0.2) is 21.0 Å². The van der Waals surface area contributed by atoms with Crippen LogP contribution in [0.2, 0.25) is 5.15 Å². The monoisotopic (exact) mass is 198 g/mol. The van der Waals surface area contributed by atoms with Crippen LogP contribution < -0.4 is 0 Å². The van der Waals surface area contributed by atoms with E-state index in [1.807, 2.05) is 0 Å². The number of halogens is 1. The SMILES string of the molecule is O=C(O)[C@H]1C[C@@H]1c1nccc(Cl)n1. The van der Waals surface area contributed by atoms with Crippen molar-refractivity contribution in [3.05, 3.63) is 23.2 Å². The van der Waals surface area contributed by atoms with Crippen molar-refractivity contribution in [1.82, 2.24) is 9.97 Å². The van der Waals surface area contributed by atoms with Gasteiger partial charge in [-0.25, -0.2) is 9.97 Å². The molecule has 0 aliphatic heterocycles. The normalized spacial score (nSPS) is 25.6. The fourth-order valence-corrected chi connectivity index (χ4v) is 1.43. The predicted molar refractivity (Wildman–Crippen MR) is 45.5 cm³/mol. The van der Waals surface area contributed by atoms with E-state index in [0.717, 1.165) is 0 Å². The molecule has 1 aliphatic carbocycles. The second-order valence-corrected chi connectivity index (χ2v) is 3.41. The maximum atomic E-state index is 10.5. The second kappa shape index (κ2) is 2.96. The summed E-state index contributed by atoms with van der Waals surface area (Å²) in [5.41, 5.74) is 0. The molecule has 68 valence electrons. The lowest BCUT2D eigenvalue weighted by molar-refractivity contribution is -0.138. The van der Waals surface area contributed by atoms with Crippen LogP contribution in [0, 0.1) is 5.92 Å². The standard InChI is InChI=1S/C8H7ClN2O2/c9-6-1-2-10-7(11-6)4-3-5(4)8(12)13/h1-2,4-5H,3H2,(H,12,13)/t4-,5-/m0/s1. The Morgan fingerprint density at radius 3 is 3.00 bits per heavy atom. The largest absolute Gasteiger partial charge is 0.481 e. The van der Waals surface area contributed by atoms with E-state index in [0.29, 0.717) is 17.4 Å². The molecule has 2 rings (SSSR count). The number of nitrogens with zero attached hydrogens (tertiary/aromatic N) is 2. The van der Waals surface area contributed by atoms with Gasteiger partial charge in [0.05, 0.1) is 5.92 Å². The Kier molecular flexibility index (Phi) is 1.92. The minimum Gasteiger partial charge on any atom is -0.481 e. The fourth-order valence-electron chi connectivity index (χ4n) is 1.28. The van der Waals surface area contributed by atoms with Crippen LogP contribution in [-0.2, 0) is 4.79 Å². The molecule has 0 amide bonds. The van der Waals surface area contributed by atoms with Gasteiger partial charge in [-0.15, -0.1) is 0 Å². The van der Waals surface area contributed by atoms with Crippen LogP contribution in [0.25, 0.3) is 0 Å². The number of hydrogen-bond donors (Lipinski definition) is 1. The first-order valence-electron chi connectivity index (χ1n) is 3.89. The van der Waals surface area contributed by atoms with E-state index >= 15 is 0 Å². The van der Waals surface area contributed by atoms with E-state index < -0.39 is 5.97 Å². The Hall–Kier alpha value is -1.16. The summed E-state index contributed by atoms with van der Waals surface area (Å²) in [5, 5.41) is 9.03. The number of carbonyl (C=O) groups is 1. The van der Waals surface area contributed by atoms with E-state index in [2.05, 4.69) is 9.97 Å². The van der Waals surface area contributed by atoms with Crippen molar-refractivity contribution in [3.8, 4) is 0 Å². The number of hydrogen-bond acceptors (Lipinski definition) is 3. The molecule has 1 aliphatic rings. The van der Waals surface area contributed by atoms with Gasteiger partial charge in [0.15, 0.2) is 0 Å². The average Bonchev–Trinajstić information content (AvgIpc) is 2.82. The highest BCUT2D eigenvalue weighted by Gasteiger charge is 2.46.